The molecule has 0 radical (unpaired) electrons. The van der Waals surface area contributed by atoms with Crippen LogP contribution in [-0.2, 0) is 22.5 Å². The summed E-state index contributed by atoms with van der Waals surface area (Å²) in [6.07, 6.45) is 4.45. The topological polar surface area (TPSA) is 92.2 Å². The summed E-state index contributed by atoms with van der Waals surface area (Å²) in [4.78, 5) is 13.1. The molecule has 1 aromatic heterocycles. The first kappa shape index (κ1) is 29.8. The molecule has 0 atom stereocenters. The third-order valence-electron chi connectivity index (χ3n) is 6.80. The number of hydrogen-bond acceptors (Lipinski definition) is 10. The number of aromatic nitrogens is 1. The summed E-state index contributed by atoms with van der Waals surface area (Å²) in [5.41, 5.74) is 2.48. The second-order valence-corrected chi connectivity index (χ2v) is 10.5. The summed E-state index contributed by atoms with van der Waals surface area (Å²) >= 11 is 1.60. The van der Waals surface area contributed by atoms with Crippen LogP contribution in [0.15, 0.2) is 35.8 Å². The molecule has 198 valence electrons. The van der Waals surface area contributed by atoms with Gasteiger partial charge in [-0.05, 0) is 0 Å². The molecule has 1 aliphatic heterocycles. The molecule has 2 heterocycles. The van der Waals surface area contributed by atoms with Crippen molar-refractivity contribution in [3.63, 3.8) is 0 Å². The molecule has 13 heteroatoms. The molecule has 0 spiro atoms. The number of benzene rings is 1. The molecular formula is C24H39B3N6O3S. The summed E-state index contributed by atoms with van der Waals surface area (Å²) in [7, 11) is 1.40. The van der Waals surface area contributed by atoms with E-state index in [-0.39, 0.29) is 0 Å². The van der Waals surface area contributed by atoms with E-state index < -0.39 is 7.05 Å². The van der Waals surface area contributed by atoms with Crippen molar-refractivity contribution in [1.29, 1.82) is 0 Å². The molecule has 0 bridgehead atoms. The van der Waals surface area contributed by atoms with Gasteiger partial charge in [0.25, 0.3) is 0 Å². The van der Waals surface area contributed by atoms with Gasteiger partial charge in [-0.15, -0.1) is 11.3 Å². The van der Waals surface area contributed by atoms with Crippen molar-refractivity contribution >= 4 is 37.8 Å². The zero-order valence-electron chi connectivity index (χ0n) is 22.0. The van der Waals surface area contributed by atoms with Gasteiger partial charge in [0.15, 0.2) is 5.13 Å². The Morgan fingerprint density at radius 2 is 1.49 bits per heavy atom. The first-order chi connectivity index (χ1) is 18.1. The van der Waals surface area contributed by atoms with Crippen LogP contribution >= 0.6 is 11.3 Å². The van der Waals surface area contributed by atoms with Gasteiger partial charge in [0.1, 0.15) is 0 Å². The van der Waals surface area contributed by atoms with Gasteiger partial charge in [0.05, 0.1) is 0 Å². The van der Waals surface area contributed by atoms with Crippen molar-refractivity contribution < 1.29 is 14.4 Å². The predicted octanol–water partition coefficient (Wildman–Crippen LogP) is 1.38. The number of nitrogens with zero attached hydrogens (tertiary/aromatic N) is 5. The Labute approximate surface area is 226 Å². The molecule has 0 unspecified atom stereocenters. The van der Waals surface area contributed by atoms with Gasteiger partial charge in [-0.3, -0.25) is 0 Å². The monoisotopic (exact) mass is 524 g/mol. The molecule has 2 aromatic rings. The van der Waals surface area contributed by atoms with Crippen LogP contribution in [0.2, 0.25) is 6.82 Å². The zero-order chi connectivity index (χ0) is 26.3. The molecule has 37 heavy (non-hydrogen) atoms. The van der Waals surface area contributed by atoms with Crippen LogP contribution in [0, 0.1) is 0 Å². The summed E-state index contributed by atoms with van der Waals surface area (Å²) in [6, 6.07) is 8.71. The Morgan fingerprint density at radius 1 is 0.892 bits per heavy atom. The molecule has 2 N–H and O–H groups in total. The summed E-state index contributed by atoms with van der Waals surface area (Å²) in [5.74, 6) is 0. The van der Waals surface area contributed by atoms with E-state index in [9.17, 15) is 14.4 Å². The first-order valence-electron chi connectivity index (χ1n) is 13.2. The van der Waals surface area contributed by atoms with Crippen LogP contribution in [0.5, 0.6) is 0 Å². The fourth-order valence-corrected chi connectivity index (χ4v) is 5.16. The molecule has 1 fully saturated rings. The van der Waals surface area contributed by atoms with Crippen LogP contribution in [0.1, 0.15) is 24.0 Å². The molecule has 1 aliphatic rings. The standard InChI is InChI=1S/C24H39B3N6O3S/c1-27(36)33-12-3-11-32(21-26-35)14-13-31(20-25-34)10-2-9-30(15-16-33)19-23-6-4-22(5-7-23)18-29-24-28-8-17-37-24/h4-8,17,36H,2-3,9-16,18-21H2,1H3,(H,28,29). The van der Waals surface area contributed by atoms with Crippen molar-refractivity contribution in [3.05, 3.63) is 47.0 Å². The average molecular weight is 524 g/mol. The summed E-state index contributed by atoms with van der Waals surface area (Å²) < 4.78 is 22.4. The minimum absolute atomic E-state index is 0.400. The number of hydrogen-bond donors (Lipinski definition) is 2. The summed E-state index contributed by atoms with van der Waals surface area (Å²) in [6.45, 7) is 9.89. The van der Waals surface area contributed by atoms with Gasteiger partial charge < -0.3 is 5.32 Å². The molecule has 0 saturated carbocycles. The van der Waals surface area contributed by atoms with E-state index in [2.05, 4.69) is 54.1 Å². The van der Waals surface area contributed by atoms with E-state index in [0.717, 1.165) is 97.7 Å². The molecule has 0 aliphatic carbocycles. The van der Waals surface area contributed by atoms with Gasteiger partial charge in [-0.2, -0.15) is 0 Å². The molecule has 3 rings (SSSR count). The Hall–Kier alpha value is -1.76. The Morgan fingerprint density at radius 3 is 2.08 bits per heavy atom. The third kappa shape index (κ3) is 11.3. The van der Waals surface area contributed by atoms with E-state index in [1.54, 1.807) is 17.5 Å². The number of thiazole rings is 1. The Bertz CT molecular complexity index is 910. The van der Waals surface area contributed by atoms with Crippen LogP contribution in [0.4, 0.5) is 5.13 Å². The van der Waals surface area contributed by atoms with Gasteiger partial charge in [-0.25, -0.2) is 4.98 Å². The first-order valence-corrected chi connectivity index (χ1v) is 14.1. The van der Waals surface area contributed by atoms with Crippen LogP contribution < -0.4 is 5.32 Å². The molecular weight excluding hydrogens is 485 g/mol. The molecule has 1 aromatic carbocycles. The van der Waals surface area contributed by atoms with Gasteiger partial charge in [0, 0.05) is 11.6 Å². The average Bonchev–Trinajstić information content (AvgIpc) is 3.41. The molecule has 0 amide bonds. The zero-order valence-corrected chi connectivity index (χ0v) is 22.8. The van der Waals surface area contributed by atoms with E-state index in [1.165, 1.54) is 11.1 Å². The normalized spacial score (nSPS) is 18.0. The molecule has 1 saturated heterocycles. The Balaban J connectivity index is 1.61. The second kappa shape index (κ2) is 17.0. The fourth-order valence-electron chi connectivity index (χ4n) is 4.63. The van der Waals surface area contributed by atoms with Gasteiger partial charge in [0.2, 0.25) is 0 Å². The number of anilines is 1. The van der Waals surface area contributed by atoms with E-state index >= 15 is 0 Å². The quantitative estimate of drug-likeness (QED) is 0.448. The Kier molecular flexibility index (Phi) is 13.7. The van der Waals surface area contributed by atoms with Crippen molar-refractivity contribution in [2.75, 3.05) is 70.6 Å². The van der Waals surface area contributed by atoms with Crippen LogP contribution in [0.25, 0.3) is 0 Å². The predicted molar refractivity (Wildman–Crippen MR) is 152 cm³/mol. The third-order valence-corrected chi connectivity index (χ3v) is 7.53. The van der Waals surface area contributed by atoms with Crippen molar-refractivity contribution in [3.8, 4) is 0 Å². The molecule has 9 nitrogen and oxygen atoms in total. The second-order valence-electron chi connectivity index (χ2n) is 9.59. The maximum atomic E-state index is 11.2. The van der Waals surface area contributed by atoms with Gasteiger partial charge >= 0.3 is 189 Å². The van der Waals surface area contributed by atoms with Crippen molar-refractivity contribution in [2.24, 2.45) is 0 Å². The van der Waals surface area contributed by atoms with E-state index in [4.69, 9.17) is 0 Å². The van der Waals surface area contributed by atoms with Crippen LogP contribution in [-0.4, -0.2) is 116 Å². The minimum atomic E-state index is -0.512. The maximum absolute atomic E-state index is 11.2. The van der Waals surface area contributed by atoms with Gasteiger partial charge in [-0.1, -0.05) is 0 Å². The van der Waals surface area contributed by atoms with Crippen molar-refractivity contribution in [1.82, 2.24) is 24.5 Å². The number of nitrogens with one attached hydrogen (secondary N) is 1. The number of rotatable bonds is 10. The fraction of sp³-hybridized carbons (Fsp3) is 0.625. The van der Waals surface area contributed by atoms with Crippen molar-refractivity contribution in [2.45, 2.75) is 32.8 Å². The summed E-state index contributed by atoms with van der Waals surface area (Å²) in [5, 5.41) is 16.6. The van der Waals surface area contributed by atoms with E-state index in [1.807, 2.05) is 12.2 Å². The SMILES string of the molecule is CB(O)N1CCCN(CB=O)CCN(CB=O)CCCN(Cc2ccc(CNc3nccs3)cc2)CC1. The van der Waals surface area contributed by atoms with E-state index in [0.29, 0.717) is 12.9 Å². The van der Waals surface area contributed by atoms with Crippen LogP contribution in [0.3, 0.4) is 0 Å².